The van der Waals surface area contributed by atoms with E-state index in [1.54, 1.807) is 31.2 Å². The summed E-state index contributed by atoms with van der Waals surface area (Å²) in [5, 5.41) is 0. The predicted octanol–water partition coefficient (Wildman–Crippen LogP) is 1.99. The zero-order chi connectivity index (χ0) is 11.3. The Kier molecular flexibility index (Phi) is 4.03. The molecule has 3 nitrogen and oxygen atoms in total. The van der Waals surface area contributed by atoms with Crippen LogP contribution >= 0.6 is 0 Å². The summed E-state index contributed by atoms with van der Waals surface area (Å²) in [4.78, 5) is 22.5. The van der Waals surface area contributed by atoms with Gasteiger partial charge in [0, 0.05) is 6.42 Å². The molecule has 0 saturated heterocycles. The Hall–Kier alpha value is -1.64. The summed E-state index contributed by atoms with van der Waals surface area (Å²) >= 11 is 0. The van der Waals surface area contributed by atoms with Gasteiger partial charge < -0.3 is 4.74 Å². The molecule has 0 aliphatic rings. The first-order valence-electron chi connectivity index (χ1n) is 4.89. The van der Waals surface area contributed by atoms with Crippen molar-refractivity contribution in [2.75, 3.05) is 6.61 Å². The maximum atomic E-state index is 11.5. The second-order valence-corrected chi connectivity index (χ2v) is 3.26. The van der Waals surface area contributed by atoms with Crippen molar-refractivity contribution in [2.24, 2.45) is 0 Å². The van der Waals surface area contributed by atoms with Gasteiger partial charge in [0.25, 0.3) is 0 Å². The van der Waals surface area contributed by atoms with E-state index in [9.17, 15) is 9.59 Å². The largest absolute Gasteiger partial charge is 0.462 e. The Morgan fingerprint density at radius 1 is 1.27 bits per heavy atom. The molecule has 0 aromatic heterocycles. The predicted molar refractivity (Wildman–Crippen MR) is 56.8 cm³/mol. The van der Waals surface area contributed by atoms with Crippen LogP contribution in [0.25, 0.3) is 0 Å². The Morgan fingerprint density at radius 2 is 1.93 bits per heavy atom. The summed E-state index contributed by atoms with van der Waals surface area (Å²) in [5.41, 5.74) is 1.21. The molecule has 1 rings (SSSR count). The van der Waals surface area contributed by atoms with Crippen LogP contribution in [0.4, 0.5) is 0 Å². The van der Waals surface area contributed by atoms with E-state index >= 15 is 0 Å². The topological polar surface area (TPSA) is 43.4 Å². The average molecular weight is 206 g/mol. The molecule has 80 valence electrons. The summed E-state index contributed by atoms with van der Waals surface area (Å²) in [6, 6.07) is 7.01. The van der Waals surface area contributed by atoms with E-state index in [2.05, 4.69) is 0 Å². The van der Waals surface area contributed by atoms with Crippen LogP contribution in [-0.4, -0.2) is 18.4 Å². The molecule has 3 heteroatoms. The Morgan fingerprint density at radius 3 is 2.53 bits per heavy atom. The van der Waals surface area contributed by atoms with Crippen LogP contribution < -0.4 is 0 Å². The van der Waals surface area contributed by atoms with E-state index in [1.165, 1.54) is 6.92 Å². The van der Waals surface area contributed by atoms with Gasteiger partial charge in [-0.1, -0.05) is 18.2 Å². The zero-order valence-corrected chi connectivity index (χ0v) is 8.95. The van der Waals surface area contributed by atoms with Gasteiger partial charge in [-0.05, 0) is 25.5 Å². The van der Waals surface area contributed by atoms with Gasteiger partial charge in [0.1, 0.15) is 5.78 Å². The maximum Gasteiger partial charge on any atom is 0.338 e. The minimum absolute atomic E-state index is 0.0340. The van der Waals surface area contributed by atoms with Crippen LogP contribution in [0.15, 0.2) is 24.3 Å². The van der Waals surface area contributed by atoms with Gasteiger partial charge in [0.2, 0.25) is 0 Å². The Bertz CT molecular complexity index is 369. The lowest BCUT2D eigenvalue weighted by atomic mass is 10.0. The van der Waals surface area contributed by atoms with Crippen molar-refractivity contribution < 1.29 is 14.3 Å². The highest BCUT2D eigenvalue weighted by Crippen LogP contribution is 2.11. The fraction of sp³-hybridized carbons (Fsp3) is 0.333. The number of rotatable bonds is 4. The summed E-state index contributed by atoms with van der Waals surface area (Å²) in [6.07, 6.45) is 0.273. The molecule has 0 radical (unpaired) electrons. The van der Waals surface area contributed by atoms with Crippen LogP contribution in [-0.2, 0) is 16.0 Å². The van der Waals surface area contributed by atoms with Crippen molar-refractivity contribution >= 4 is 11.8 Å². The third kappa shape index (κ3) is 3.20. The highest BCUT2D eigenvalue weighted by atomic mass is 16.5. The number of ketones is 1. The van der Waals surface area contributed by atoms with Gasteiger partial charge in [0.15, 0.2) is 0 Å². The summed E-state index contributed by atoms with van der Waals surface area (Å²) in [7, 11) is 0. The molecule has 1 aromatic rings. The van der Waals surface area contributed by atoms with E-state index in [1.807, 2.05) is 0 Å². The number of benzene rings is 1. The van der Waals surface area contributed by atoms with Crippen molar-refractivity contribution in [3.8, 4) is 0 Å². The van der Waals surface area contributed by atoms with E-state index in [4.69, 9.17) is 4.74 Å². The molecule has 0 aliphatic heterocycles. The third-order valence-electron chi connectivity index (χ3n) is 1.95. The molecule has 0 spiro atoms. The number of hydrogen-bond donors (Lipinski definition) is 0. The van der Waals surface area contributed by atoms with E-state index in [0.717, 1.165) is 5.56 Å². The van der Waals surface area contributed by atoms with Crippen molar-refractivity contribution in [1.82, 2.24) is 0 Å². The van der Waals surface area contributed by atoms with Crippen molar-refractivity contribution in [3.05, 3.63) is 35.4 Å². The monoisotopic (exact) mass is 206 g/mol. The standard InChI is InChI=1S/C12H14O3/c1-3-15-12(14)11-7-5-4-6-10(11)8-9(2)13/h4-7H,3,8H2,1-2H3. The SMILES string of the molecule is CCOC(=O)c1ccccc1CC(C)=O. The number of hydrogen-bond acceptors (Lipinski definition) is 3. The number of carbonyl (C=O) groups is 2. The third-order valence-corrected chi connectivity index (χ3v) is 1.95. The van der Waals surface area contributed by atoms with Crippen molar-refractivity contribution in [3.63, 3.8) is 0 Å². The number of Topliss-reactive ketones (excluding diaryl/α,β-unsaturated/α-hetero) is 1. The lowest BCUT2D eigenvalue weighted by molar-refractivity contribution is -0.116. The van der Waals surface area contributed by atoms with Crippen molar-refractivity contribution in [2.45, 2.75) is 20.3 Å². The van der Waals surface area contributed by atoms with Gasteiger partial charge in [0.05, 0.1) is 12.2 Å². The molecule has 0 N–H and O–H groups in total. The Labute approximate surface area is 89.1 Å². The molecule has 0 amide bonds. The summed E-state index contributed by atoms with van der Waals surface area (Å²) < 4.78 is 4.90. The fourth-order valence-corrected chi connectivity index (χ4v) is 1.35. The average Bonchev–Trinajstić information content (AvgIpc) is 2.18. The lowest BCUT2D eigenvalue weighted by Gasteiger charge is -2.06. The van der Waals surface area contributed by atoms with Crippen LogP contribution in [0.3, 0.4) is 0 Å². The van der Waals surface area contributed by atoms with Gasteiger partial charge in [-0.3, -0.25) is 4.79 Å². The molecular weight excluding hydrogens is 192 g/mol. The number of ether oxygens (including phenoxy) is 1. The van der Waals surface area contributed by atoms with Crippen molar-refractivity contribution in [1.29, 1.82) is 0 Å². The summed E-state index contributed by atoms with van der Waals surface area (Å²) in [6.45, 7) is 3.60. The highest BCUT2D eigenvalue weighted by Gasteiger charge is 2.12. The molecule has 0 aliphatic carbocycles. The van der Waals surface area contributed by atoms with Crippen LogP contribution in [0.5, 0.6) is 0 Å². The first kappa shape index (κ1) is 11.4. The normalized spacial score (nSPS) is 9.73. The second kappa shape index (κ2) is 5.29. The molecule has 0 bridgehead atoms. The van der Waals surface area contributed by atoms with Gasteiger partial charge in [-0.15, -0.1) is 0 Å². The quantitative estimate of drug-likeness (QED) is 0.707. The maximum absolute atomic E-state index is 11.5. The van der Waals surface area contributed by atoms with Gasteiger partial charge >= 0.3 is 5.97 Å². The van der Waals surface area contributed by atoms with E-state index in [-0.39, 0.29) is 18.2 Å². The summed E-state index contributed by atoms with van der Waals surface area (Å²) in [5.74, 6) is -0.332. The van der Waals surface area contributed by atoms with Gasteiger partial charge in [-0.2, -0.15) is 0 Å². The Balaban J connectivity index is 2.95. The van der Waals surface area contributed by atoms with E-state index < -0.39 is 0 Å². The molecule has 0 heterocycles. The second-order valence-electron chi connectivity index (χ2n) is 3.26. The molecule has 1 aromatic carbocycles. The smallest absolute Gasteiger partial charge is 0.338 e. The van der Waals surface area contributed by atoms with Crippen LogP contribution in [0.2, 0.25) is 0 Å². The zero-order valence-electron chi connectivity index (χ0n) is 8.95. The molecule has 0 fully saturated rings. The molecular formula is C12H14O3. The van der Waals surface area contributed by atoms with Crippen LogP contribution in [0, 0.1) is 0 Å². The highest BCUT2D eigenvalue weighted by molar-refractivity contribution is 5.93. The van der Waals surface area contributed by atoms with Gasteiger partial charge in [-0.25, -0.2) is 4.79 Å². The van der Waals surface area contributed by atoms with Crippen LogP contribution in [0.1, 0.15) is 29.8 Å². The van der Waals surface area contributed by atoms with E-state index in [0.29, 0.717) is 12.2 Å². The first-order chi connectivity index (χ1) is 7.15. The molecule has 0 unspecified atom stereocenters. The first-order valence-corrected chi connectivity index (χ1v) is 4.89. The molecule has 15 heavy (non-hydrogen) atoms. The number of carbonyl (C=O) groups excluding carboxylic acids is 2. The number of esters is 1. The molecule has 0 atom stereocenters. The minimum atomic E-state index is -0.366. The lowest BCUT2D eigenvalue weighted by Crippen LogP contribution is -2.09. The minimum Gasteiger partial charge on any atom is -0.462 e. The molecule has 0 saturated carbocycles. The fourth-order valence-electron chi connectivity index (χ4n) is 1.35.